The number of nitrogens with zero attached hydrogens (tertiary/aromatic N) is 3. The third-order valence-corrected chi connectivity index (χ3v) is 3.34. The normalized spacial score (nSPS) is 11.1. The Balaban J connectivity index is 2.04. The van der Waals surface area contributed by atoms with E-state index in [1.54, 1.807) is 12.1 Å². The van der Waals surface area contributed by atoms with Crippen LogP contribution in [0, 0.1) is 6.92 Å². The van der Waals surface area contributed by atoms with Crippen LogP contribution in [-0.4, -0.2) is 42.7 Å². The Bertz CT molecular complexity index is 816. The monoisotopic (exact) mass is 339 g/mol. The first-order valence-corrected chi connectivity index (χ1v) is 8.48. The van der Waals surface area contributed by atoms with Crippen LogP contribution in [0.3, 0.4) is 0 Å². The number of carbonyl (C=O) groups is 1. The Labute approximate surface area is 133 Å². The van der Waals surface area contributed by atoms with Gasteiger partial charge in [0.25, 0.3) is 0 Å². The van der Waals surface area contributed by atoms with Crippen molar-refractivity contribution in [3.05, 3.63) is 30.0 Å². The van der Waals surface area contributed by atoms with Crippen molar-refractivity contribution in [2.24, 2.45) is 0 Å². The highest BCUT2D eigenvalue weighted by Gasteiger charge is 2.11. The quantitative estimate of drug-likeness (QED) is 0.796. The Hall–Kier alpha value is -2.62. The Morgan fingerprint density at radius 3 is 2.78 bits per heavy atom. The molecular formula is C13H17N5O4S. The SMILES string of the molecule is COc1ccc(C)cc1NC(=O)Cn1cc(NS(C)(=O)=O)nn1. The van der Waals surface area contributed by atoms with E-state index >= 15 is 0 Å². The molecule has 1 heterocycles. The number of hydrogen-bond donors (Lipinski definition) is 2. The summed E-state index contributed by atoms with van der Waals surface area (Å²) in [7, 11) is -1.92. The van der Waals surface area contributed by atoms with E-state index in [1.807, 2.05) is 13.0 Å². The fourth-order valence-corrected chi connectivity index (χ4v) is 2.34. The van der Waals surface area contributed by atoms with Gasteiger partial charge in [0.2, 0.25) is 15.9 Å². The number of benzene rings is 1. The molecule has 1 aromatic carbocycles. The molecule has 0 aliphatic heterocycles. The maximum atomic E-state index is 12.1. The fraction of sp³-hybridized carbons (Fsp3) is 0.308. The molecule has 0 saturated heterocycles. The van der Waals surface area contributed by atoms with Crippen LogP contribution < -0.4 is 14.8 Å². The zero-order chi connectivity index (χ0) is 17.0. The fourth-order valence-electron chi connectivity index (χ4n) is 1.87. The second-order valence-corrected chi connectivity index (χ2v) is 6.68. The topological polar surface area (TPSA) is 115 Å². The first-order valence-electron chi connectivity index (χ1n) is 6.59. The Morgan fingerprint density at radius 2 is 2.13 bits per heavy atom. The largest absolute Gasteiger partial charge is 0.495 e. The van der Waals surface area contributed by atoms with Crippen LogP contribution in [0.25, 0.3) is 0 Å². The summed E-state index contributed by atoms with van der Waals surface area (Å²) in [6.45, 7) is 1.78. The lowest BCUT2D eigenvalue weighted by Gasteiger charge is -2.10. The minimum atomic E-state index is -3.44. The van der Waals surface area contributed by atoms with Crippen molar-refractivity contribution in [2.45, 2.75) is 13.5 Å². The molecule has 0 bridgehead atoms. The molecule has 0 unspecified atom stereocenters. The summed E-state index contributed by atoms with van der Waals surface area (Å²) >= 11 is 0. The molecule has 23 heavy (non-hydrogen) atoms. The Kier molecular flexibility index (Phi) is 4.84. The lowest BCUT2D eigenvalue weighted by atomic mass is 10.2. The maximum absolute atomic E-state index is 12.1. The van der Waals surface area contributed by atoms with E-state index in [0.29, 0.717) is 11.4 Å². The number of hydrogen-bond acceptors (Lipinski definition) is 6. The maximum Gasteiger partial charge on any atom is 0.246 e. The molecule has 0 saturated carbocycles. The summed E-state index contributed by atoms with van der Waals surface area (Å²) in [5.41, 5.74) is 1.52. The number of amides is 1. The summed E-state index contributed by atoms with van der Waals surface area (Å²) in [5.74, 6) is 0.250. The summed E-state index contributed by atoms with van der Waals surface area (Å²) in [6.07, 6.45) is 2.33. The molecule has 0 spiro atoms. The first-order chi connectivity index (χ1) is 10.8. The number of ether oxygens (including phenoxy) is 1. The molecule has 0 fully saturated rings. The summed E-state index contributed by atoms with van der Waals surface area (Å²) in [6, 6.07) is 5.41. The smallest absolute Gasteiger partial charge is 0.246 e. The second kappa shape index (κ2) is 6.65. The van der Waals surface area contributed by atoms with Gasteiger partial charge in [-0.2, -0.15) is 0 Å². The highest BCUT2D eigenvalue weighted by molar-refractivity contribution is 7.92. The molecule has 0 radical (unpaired) electrons. The molecule has 0 aliphatic rings. The molecule has 10 heteroatoms. The van der Waals surface area contributed by atoms with Gasteiger partial charge in [-0.25, -0.2) is 13.1 Å². The van der Waals surface area contributed by atoms with E-state index in [1.165, 1.54) is 18.0 Å². The second-order valence-electron chi connectivity index (χ2n) is 4.93. The van der Waals surface area contributed by atoms with Crippen molar-refractivity contribution in [3.63, 3.8) is 0 Å². The third-order valence-electron chi connectivity index (χ3n) is 2.76. The molecule has 0 aliphatic carbocycles. The van der Waals surface area contributed by atoms with Gasteiger partial charge in [-0.05, 0) is 24.6 Å². The number of methoxy groups -OCH3 is 1. The number of anilines is 2. The lowest BCUT2D eigenvalue weighted by molar-refractivity contribution is -0.116. The highest BCUT2D eigenvalue weighted by Crippen LogP contribution is 2.25. The number of rotatable bonds is 6. The molecule has 124 valence electrons. The molecule has 2 aromatic rings. The van der Waals surface area contributed by atoms with E-state index < -0.39 is 10.0 Å². The predicted molar refractivity (Wildman–Crippen MR) is 84.8 cm³/mol. The van der Waals surface area contributed by atoms with Crippen molar-refractivity contribution < 1.29 is 17.9 Å². The van der Waals surface area contributed by atoms with Crippen LogP contribution in [0.1, 0.15) is 5.56 Å². The molecule has 9 nitrogen and oxygen atoms in total. The van der Waals surface area contributed by atoms with Crippen molar-refractivity contribution in [2.75, 3.05) is 23.4 Å². The number of nitrogens with one attached hydrogen (secondary N) is 2. The molecule has 1 amide bonds. The predicted octanol–water partition coefficient (Wildman–Crippen LogP) is 0.605. The van der Waals surface area contributed by atoms with Gasteiger partial charge < -0.3 is 10.1 Å². The van der Waals surface area contributed by atoms with Gasteiger partial charge >= 0.3 is 0 Å². The minimum Gasteiger partial charge on any atom is -0.495 e. The van der Waals surface area contributed by atoms with Gasteiger partial charge in [-0.3, -0.25) is 9.52 Å². The van der Waals surface area contributed by atoms with E-state index in [9.17, 15) is 13.2 Å². The third kappa shape index (κ3) is 4.95. The van der Waals surface area contributed by atoms with Crippen LogP contribution in [0.2, 0.25) is 0 Å². The first kappa shape index (κ1) is 16.7. The van der Waals surface area contributed by atoms with E-state index in [4.69, 9.17) is 4.74 Å². The van der Waals surface area contributed by atoms with Gasteiger partial charge in [0, 0.05) is 0 Å². The van der Waals surface area contributed by atoms with E-state index in [-0.39, 0.29) is 18.3 Å². The average molecular weight is 339 g/mol. The number of aromatic nitrogens is 3. The molecular weight excluding hydrogens is 322 g/mol. The van der Waals surface area contributed by atoms with Gasteiger partial charge in [-0.1, -0.05) is 11.3 Å². The van der Waals surface area contributed by atoms with Crippen LogP contribution in [0.4, 0.5) is 11.5 Å². The van der Waals surface area contributed by atoms with E-state index in [0.717, 1.165) is 11.8 Å². The minimum absolute atomic E-state index is 0.0495. The van der Waals surface area contributed by atoms with Crippen LogP contribution in [0.15, 0.2) is 24.4 Å². The number of sulfonamides is 1. The lowest BCUT2D eigenvalue weighted by Crippen LogP contribution is -2.19. The van der Waals surface area contributed by atoms with Crippen molar-refractivity contribution in [1.82, 2.24) is 15.0 Å². The summed E-state index contributed by atoms with van der Waals surface area (Å²) in [4.78, 5) is 12.1. The van der Waals surface area contributed by atoms with Crippen LogP contribution in [0.5, 0.6) is 5.75 Å². The number of aryl methyl sites for hydroxylation is 1. The van der Waals surface area contributed by atoms with Gasteiger partial charge in [0.1, 0.15) is 12.3 Å². The van der Waals surface area contributed by atoms with Gasteiger partial charge in [-0.15, -0.1) is 5.10 Å². The van der Waals surface area contributed by atoms with Crippen LogP contribution in [-0.2, 0) is 21.4 Å². The molecule has 2 rings (SSSR count). The summed E-state index contributed by atoms with van der Waals surface area (Å²) < 4.78 is 30.8. The average Bonchev–Trinajstić information content (AvgIpc) is 2.83. The summed E-state index contributed by atoms with van der Waals surface area (Å²) in [5, 5.41) is 10.0. The van der Waals surface area contributed by atoms with Crippen molar-refractivity contribution in [1.29, 1.82) is 0 Å². The number of carbonyl (C=O) groups excluding carboxylic acids is 1. The molecule has 1 aromatic heterocycles. The zero-order valence-electron chi connectivity index (χ0n) is 12.9. The Morgan fingerprint density at radius 1 is 1.39 bits per heavy atom. The molecule has 0 atom stereocenters. The zero-order valence-corrected chi connectivity index (χ0v) is 13.7. The molecule has 2 N–H and O–H groups in total. The van der Waals surface area contributed by atoms with Crippen molar-refractivity contribution >= 4 is 27.4 Å². The van der Waals surface area contributed by atoms with Crippen molar-refractivity contribution in [3.8, 4) is 5.75 Å². The van der Waals surface area contributed by atoms with Gasteiger partial charge in [0.05, 0.1) is 25.2 Å². The van der Waals surface area contributed by atoms with E-state index in [2.05, 4.69) is 20.4 Å². The van der Waals surface area contributed by atoms with Crippen LogP contribution >= 0.6 is 0 Å². The van der Waals surface area contributed by atoms with Gasteiger partial charge in [0.15, 0.2) is 5.82 Å². The standard InChI is InChI=1S/C13H17N5O4S/c1-9-4-5-11(22-2)10(6-9)14-13(19)8-18-7-12(15-17-18)16-23(3,20)21/h4-7,16H,8H2,1-3H3,(H,14,19). The highest BCUT2D eigenvalue weighted by atomic mass is 32.2.